The molecule has 3 heterocycles. The van der Waals surface area contributed by atoms with Gasteiger partial charge in [-0.2, -0.15) is 0 Å². The molecule has 0 amide bonds. The third-order valence-corrected chi connectivity index (χ3v) is 5.06. The molecule has 1 aliphatic rings. The Hall–Kier alpha value is -2.99. The van der Waals surface area contributed by atoms with E-state index in [4.69, 9.17) is 9.97 Å². The van der Waals surface area contributed by atoms with Gasteiger partial charge in [0.05, 0.1) is 12.2 Å². The van der Waals surface area contributed by atoms with Gasteiger partial charge in [-0.3, -0.25) is 4.98 Å². The smallest absolute Gasteiger partial charge is 0.163 e. The van der Waals surface area contributed by atoms with Crippen LogP contribution in [0.4, 0.5) is 11.6 Å². The number of rotatable bonds is 6. The maximum Gasteiger partial charge on any atom is 0.163 e. The highest BCUT2D eigenvalue weighted by Gasteiger charge is 2.18. The van der Waals surface area contributed by atoms with Crippen molar-refractivity contribution in [3.8, 4) is 11.4 Å². The molecule has 1 aromatic carbocycles. The molecule has 1 saturated heterocycles. The quantitative estimate of drug-likeness (QED) is 0.714. The Kier molecular flexibility index (Phi) is 5.77. The van der Waals surface area contributed by atoms with Gasteiger partial charge in [0, 0.05) is 44.0 Å². The standard InChI is InChI=1S/C22H26N6/c1-2-27-12-14-28(15-13-27)21-16-20(24-17-19-10-6-7-11-23-19)25-22(26-21)18-8-4-3-5-9-18/h3-11,16H,2,12-15,17H2,1H3,(H,24,25,26). The van der Waals surface area contributed by atoms with Crippen LogP contribution in [-0.2, 0) is 6.54 Å². The van der Waals surface area contributed by atoms with Crippen LogP contribution >= 0.6 is 0 Å². The summed E-state index contributed by atoms with van der Waals surface area (Å²) in [5.41, 5.74) is 2.01. The first-order chi connectivity index (χ1) is 13.8. The second-order valence-electron chi connectivity index (χ2n) is 6.90. The zero-order valence-electron chi connectivity index (χ0n) is 16.3. The Bertz CT molecular complexity index is 876. The number of nitrogens with one attached hydrogen (secondary N) is 1. The summed E-state index contributed by atoms with van der Waals surface area (Å²) in [5.74, 6) is 2.56. The number of hydrogen-bond acceptors (Lipinski definition) is 6. The van der Waals surface area contributed by atoms with Gasteiger partial charge in [-0.15, -0.1) is 0 Å². The van der Waals surface area contributed by atoms with Crippen molar-refractivity contribution in [2.45, 2.75) is 13.5 Å². The molecule has 6 nitrogen and oxygen atoms in total. The lowest BCUT2D eigenvalue weighted by Gasteiger charge is -2.35. The van der Waals surface area contributed by atoms with Gasteiger partial charge in [0.15, 0.2) is 5.82 Å². The maximum absolute atomic E-state index is 4.87. The fourth-order valence-electron chi connectivity index (χ4n) is 3.38. The highest BCUT2D eigenvalue weighted by Crippen LogP contribution is 2.23. The number of likely N-dealkylation sites (N-methyl/N-ethyl adjacent to an activating group) is 1. The lowest BCUT2D eigenvalue weighted by molar-refractivity contribution is 0.270. The van der Waals surface area contributed by atoms with Crippen LogP contribution in [0.2, 0.25) is 0 Å². The monoisotopic (exact) mass is 374 g/mol. The zero-order chi connectivity index (χ0) is 19.2. The fraction of sp³-hybridized carbons (Fsp3) is 0.318. The van der Waals surface area contributed by atoms with E-state index in [1.165, 1.54) is 0 Å². The highest BCUT2D eigenvalue weighted by atomic mass is 15.3. The molecule has 4 rings (SSSR count). The Balaban J connectivity index is 1.59. The van der Waals surface area contributed by atoms with Crippen molar-refractivity contribution < 1.29 is 0 Å². The van der Waals surface area contributed by atoms with Gasteiger partial charge in [0.25, 0.3) is 0 Å². The third kappa shape index (κ3) is 4.46. The Morgan fingerprint density at radius 3 is 2.43 bits per heavy atom. The first-order valence-corrected chi connectivity index (χ1v) is 9.87. The predicted octanol–water partition coefficient (Wildman–Crippen LogP) is 3.29. The van der Waals surface area contributed by atoms with E-state index in [0.29, 0.717) is 6.54 Å². The van der Waals surface area contributed by atoms with E-state index in [9.17, 15) is 0 Å². The van der Waals surface area contributed by atoms with Gasteiger partial charge in [-0.25, -0.2) is 9.97 Å². The molecule has 0 spiro atoms. The minimum atomic E-state index is 0.634. The van der Waals surface area contributed by atoms with Crippen LogP contribution in [0.1, 0.15) is 12.6 Å². The maximum atomic E-state index is 4.87. The Labute approximate surface area is 166 Å². The van der Waals surface area contributed by atoms with Crippen molar-refractivity contribution in [2.75, 3.05) is 42.9 Å². The van der Waals surface area contributed by atoms with Crippen molar-refractivity contribution in [1.29, 1.82) is 0 Å². The fourth-order valence-corrected chi connectivity index (χ4v) is 3.38. The number of benzene rings is 1. The number of anilines is 2. The van der Waals surface area contributed by atoms with Crippen molar-refractivity contribution in [1.82, 2.24) is 19.9 Å². The zero-order valence-corrected chi connectivity index (χ0v) is 16.3. The minimum absolute atomic E-state index is 0.634. The molecule has 28 heavy (non-hydrogen) atoms. The summed E-state index contributed by atoms with van der Waals surface area (Å²) >= 11 is 0. The lowest BCUT2D eigenvalue weighted by Crippen LogP contribution is -2.46. The molecule has 1 N–H and O–H groups in total. The van der Waals surface area contributed by atoms with Crippen LogP contribution in [0.3, 0.4) is 0 Å². The van der Waals surface area contributed by atoms with E-state index < -0.39 is 0 Å². The molecule has 0 unspecified atom stereocenters. The van der Waals surface area contributed by atoms with Crippen LogP contribution in [0.15, 0.2) is 60.8 Å². The summed E-state index contributed by atoms with van der Waals surface area (Å²) in [6.45, 7) is 8.06. The molecule has 144 valence electrons. The molecule has 0 atom stereocenters. The summed E-state index contributed by atoms with van der Waals surface area (Å²) in [7, 11) is 0. The molecule has 3 aromatic rings. The predicted molar refractivity (Wildman–Crippen MR) is 113 cm³/mol. The SMILES string of the molecule is CCN1CCN(c2cc(NCc3ccccn3)nc(-c3ccccc3)n2)CC1. The summed E-state index contributed by atoms with van der Waals surface area (Å²) < 4.78 is 0. The van der Waals surface area contributed by atoms with E-state index in [2.05, 4.69) is 45.2 Å². The molecule has 0 radical (unpaired) electrons. The van der Waals surface area contributed by atoms with Crippen molar-refractivity contribution >= 4 is 11.6 Å². The average molecular weight is 374 g/mol. The minimum Gasteiger partial charge on any atom is -0.364 e. The van der Waals surface area contributed by atoms with Gasteiger partial charge >= 0.3 is 0 Å². The first kappa shape index (κ1) is 18.4. The number of piperazine rings is 1. The van der Waals surface area contributed by atoms with Gasteiger partial charge in [0.2, 0.25) is 0 Å². The van der Waals surface area contributed by atoms with Crippen molar-refractivity contribution in [2.24, 2.45) is 0 Å². The number of hydrogen-bond donors (Lipinski definition) is 1. The van der Waals surface area contributed by atoms with Gasteiger partial charge in [-0.1, -0.05) is 43.3 Å². The topological polar surface area (TPSA) is 57.2 Å². The normalized spacial score (nSPS) is 14.8. The van der Waals surface area contributed by atoms with Crippen LogP contribution < -0.4 is 10.2 Å². The lowest BCUT2D eigenvalue weighted by atomic mass is 10.2. The Morgan fingerprint density at radius 2 is 1.71 bits per heavy atom. The molecule has 0 saturated carbocycles. The second-order valence-corrected chi connectivity index (χ2v) is 6.90. The van der Waals surface area contributed by atoms with E-state index in [1.54, 1.807) is 0 Å². The van der Waals surface area contributed by atoms with Crippen LogP contribution in [-0.4, -0.2) is 52.6 Å². The molecular formula is C22H26N6. The number of nitrogens with zero attached hydrogens (tertiary/aromatic N) is 5. The van der Waals surface area contributed by atoms with Crippen LogP contribution in [0.5, 0.6) is 0 Å². The molecule has 2 aromatic heterocycles. The summed E-state index contributed by atoms with van der Waals surface area (Å²) in [4.78, 5) is 18.8. The van der Waals surface area contributed by atoms with E-state index in [0.717, 1.165) is 61.4 Å². The molecule has 1 aliphatic heterocycles. The van der Waals surface area contributed by atoms with Crippen molar-refractivity contribution in [3.05, 3.63) is 66.5 Å². The van der Waals surface area contributed by atoms with E-state index >= 15 is 0 Å². The molecule has 1 fully saturated rings. The van der Waals surface area contributed by atoms with E-state index in [-0.39, 0.29) is 0 Å². The van der Waals surface area contributed by atoms with Crippen molar-refractivity contribution in [3.63, 3.8) is 0 Å². The molecular weight excluding hydrogens is 348 g/mol. The Morgan fingerprint density at radius 1 is 0.929 bits per heavy atom. The molecule has 6 heteroatoms. The average Bonchev–Trinajstić information content (AvgIpc) is 2.79. The second kappa shape index (κ2) is 8.80. The summed E-state index contributed by atoms with van der Waals surface area (Å²) in [5, 5.41) is 3.42. The summed E-state index contributed by atoms with van der Waals surface area (Å²) in [6.07, 6.45) is 1.81. The molecule has 0 aliphatic carbocycles. The largest absolute Gasteiger partial charge is 0.364 e. The summed E-state index contributed by atoms with van der Waals surface area (Å²) in [6, 6.07) is 18.1. The van der Waals surface area contributed by atoms with Crippen LogP contribution in [0.25, 0.3) is 11.4 Å². The number of aromatic nitrogens is 3. The van der Waals surface area contributed by atoms with Gasteiger partial charge in [0.1, 0.15) is 11.6 Å². The highest BCUT2D eigenvalue weighted by molar-refractivity contribution is 5.61. The first-order valence-electron chi connectivity index (χ1n) is 9.87. The van der Waals surface area contributed by atoms with E-state index in [1.807, 2.05) is 42.6 Å². The molecule has 0 bridgehead atoms. The van der Waals surface area contributed by atoms with Gasteiger partial charge < -0.3 is 15.1 Å². The number of pyridine rings is 1. The van der Waals surface area contributed by atoms with Gasteiger partial charge in [-0.05, 0) is 18.7 Å². The third-order valence-electron chi connectivity index (χ3n) is 5.06. The van der Waals surface area contributed by atoms with Crippen LogP contribution in [0, 0.1) is 0 Å².